The molecule has 142 valence electrons. The minimum atomic E-state index is -0.378. The van der Waals surface area contributed by atoms with E-state index in [0.29, 0.717) is 24.2 Å². The Bertz CT molecular complexity index is 852. The van der Waals surface area contributed by atoms with Crippen LogP contribution >= 0.6 is 0 Å². The topological polar surface area (TPSA) is 87.3 Å². The van der Waals surface area contributed by atoms with Crippen LogP contribution in [-0.4, -0.2) is 30.8 Å². The number of nitrogens with one attached hydrogen (secondary N) is 3. The summed E-state index contributed by atoms with van der Waals surface area (Å²) in [6, 6.07) is 11.2. The highest BCUT2D eigenvalue weighted by Gasteiger charge is 2.10. The average molecular weight is 371 g/mol. The van der Waals surface area contributed by atoms with E-state index in [1.54, 1.807) is 37.3 Å². The Morgan fingerprint density at radius 2 is 1.81 bits per heavy atom. The Kier molecular flexibility index (Phi) is 7.05. The van der Waals surface area contributed by atoms with Gasteiger partial charge < -0.3 is 16.0 Å². The Morgan fingerprint density at radius 1 is 1.04 bits per heavy atom. The first-order chi connectivity index (χ1) is 12.8. The minimum Gasteiger partial charge on any atom is -0.352 e. The lowest BCUT2D eigenvalue weighted by atomic mass is 10.1. The molecule has 0 aliphatic heterocycles. The maximum absolute atomic E-state index is 13.2. The Hall–Kier alpha value is -3.22. The van der Waals surface area contributed by atoms with Gasteiger partial charge in [-0.2, -0.15) is 0 Å². The standard InChI is InChI=1S/C20H22FN3O3/c1-13-6-7-16(11-18(13)24-19(26)12-23-14(2)25)20(27)22-9-8-15-4-3-5-17(21)10-15/h3-7,10-11H,8-9,12H2,1-2H3,(H,22,27)(H,23,25)(H,24,26). The molecule has 0 aliphatic carbocycles. The first kappa shape index (κ1) is 20.1. The average Bonchev–Trinajstić information content (AvgIpc) is 2.62. The number of benzene rings is 2. The number of hydrogen-bond acceptors (Lipinski definition) is 3. The number of carbonyl (C=O) groups is 3. The number of amides is 3. The summed E-state index contributed by atoms with van der Waals surface area (Å²) in [6.45, 7) is 3.35. The molecule has 6 nitrogen and oxygen atoms in total. The normalized spacial score (nSPS) is 10.2. The number of hydrogen-bond donors (Lipinski definition) is 3. The van der Waals surface area contributed by atoms with Crippen molar-refractivity contribution in [3.8, 4) is 0 Å². The number of rotatable bonds is 7. The molecule has 7 heteroatoms. The lowest BCUT2D eigenvalue weighted by molar-refractivity contribution is -0.122. The highest BCUT2D eigenvalue weighted by Crippen LogP contribution is 2.17. The molecule has 0 heterocycles. The Morgan fingerprint density at radius 3 is 2.52 bits per heavy atom. The van der Waals surface area contributed by atoms with Crippen molar-refractivity contribution in [3.05, 3.63) is 65.0 Å². The maximum Gasteiger partial charge on any atom is 0.251 e. The van der Waals surface area contributed by atoms with Crippen LogP contribution in [0.3, 0.4) is 0 Å². The van der Waals surface area contributed by atoms with Gasteiger partial charge in [0.2, 0.25) is 11.8 Å². The van der Waals surface area contributed by atoms with E-state index in [1.807, 2.05) is 0 Å². The smallest absolute Gasteiger partial charge is 0.251 e. The van der Waals surface area contributed by atoms with Gasteiger partial charge in [0.25, 0.3) is 5.91 Å². The van der Waals surface area contributed by atoms with Crippen LogP contribution in [0.15, 0.2) is 42.5 Å². The van der Waals surface area contributed by atoms with E-state index in [9.17, 15) is 18.8 Å². The van der Waals surface area contributed by atoms with Gasteiger partial charge in [0.05, 0.1) is 6.54 Å². The third-order valence-corrected chi connectivity index (χ3v) is 3.86. The molecule has 3 amide bonds. The van der Waals surface area contributed by atoms with Gasteiger partial charge in [0, 0.05) is 24.7 Å². The van der Waals surface area contributed by atoms with Gasteiger partial charge in [-0.3, -0.25) is 14.4 Å². The highest BCUT2D eigenvalue weighted by atomic mass is 19.1. The van der Waals surface area contributed by atoms with E-state index in [2.05, 4.69) is 16.0 Å². The Labute approximate surface area is 157 Å². The van der Waals surface area contributed by atoms with Crippen molar-refractivity contribution in [2.75, 3.05) is 18.4 Å². The zero-order valence-electron chi connectivity index (χ0n) is 15.3. The van der Waals surface area contributed by atoms with Crippen LogP contribution in [0.25, 0.3) is 0 Å². The molecule has 2 aromatic rings. The van der Waals surface area contributed by atoms with Crippen LogP contribution in [0.5, 0.6) is 0 Å². The monoisotopic (exact) mass is 371 g/mol. The summed E-state index contributed by atoms with van der Waals surface area (Å²) in [6.07, 6.45) is 0.510. The molecule has 0 aromatic heterocycles. The fourth-order valence-corrected chi connectivity index (χ4v) is 2.41. The molecule has 0 fully saturated rings. The summed E-state index contributed by atoms with van der Waals surface area (Å²) < 4.78 is 13.2. The van der Waals surface area contributed by atoms with Crippen LogP contribution in [0.1, 0.15) is 28.4 Å². The van der Waals surface area contributed by atoms with E-state index >= 15 is 0 Å². The molecular weight excluding hydrogens is 349 g/mol. The lowest BCUT2D eigenvalue weighted by Crippen LogP contribution is -2.31. The second-order valence-corrected chi connectivity index (χ2v) is 6.12. The van der Waals surface area contributed by atoms with Gasteiger partial charge in [-0.15, -0.1) is 0 Å². The summed E-state index contributed by atoms with van der Waals surface area (Å²) in [7, 11) is 0. The highest BCUT2D eigenvalue weighted by molar-refractivity contribution is 5.98. The van der Waals surface area contributed by atoms with E-state index < -0.39 is 0 Å². The van der Waals surface area contributed by atoms with Gasteiger partial charge in [-0.1, -0.05) is 18.2 Å². The fraction of sp³-hybridized carbons (Fsp3) is 0.250. The second-order valence-electron chi connectivity index (χ2n) is 6.12. The number of anilines is 1. The molecule has 0 atom stereocenters. The predicted octanol–water partition coefficient (Wildman–Crippen LogP) is 2.18. The van der Waals surface area contributed by atoms with Crippen LogP contribution in [0, 0.1) is 12.7 Å². The quantitative estimate of drug-likeness (QED) is 0.697. The first-order valence-corrected chi connectivity index (χ1v) is 8.52. The van der Waals surface area contributed by atoms with Gasteiger partial charge in [0.1, 0.15) is 5.82 Å². The lowest BCUT2D eigenvalue weighted by Gasteiger charge is -2.11. The van der Waals surface area contributed by atoms with Crippen molar-refractivity contribution in [2.24, 2.45) is 0 Å². The van der Waals surface area contributed by atoms with Gasteiger partial charge >= 0.3 is 0 Å². The van der Waals surface area contributed by atoms with Crippen molar-refractivity contribution >= 4 is 23.4 Å². The second kappa shape index (κ2) is 9.47. The predicted molar refractivity (Wildman–Crippen MR) is 101 cm³/mol. The largest absolute Gasteiger partial charge is 0.352 e. The molecule has 0 unspecified atom stereocenters. The van der Waals surface area contributed by atoms with Crippen molar-refractivity contribution in [2.45, 2.75) is 20.3 Å². The van der Waals surface area contributed by atoms with Crippen LogP contribution in [0.4, 0.5) is 10.1 Å². The number of carbonyl (C=O) groups excluding carboxylic acids is 3. The van der Waals surface area contributed by atoms with Crippen LogP contribution in [-0.2, 0) is 16.0 Å². The maximum atomic E-state index is 13.2. The van der Waals surface area contributed by atoms with Crippen LogP contribution in [0.2, 0.25) is 0 Å². The van der Waals surface area contributed by atoms with Gasteiger partial charge in [0.15, 0.2) is 0 Å². The molecule has 0 spiro atoms. The molecule has 3 N–H and O–H groups in total. The molecular formula is C20H22FN3O3. The van der Waals surface area contributed by atoms with E-state index in [4.69, 9.17) is 0 Å². The van der Waals surface area contributed by atoms with Crippen LogP contribution < -0.4 is 16.0 Å². The van der Waals surface area contributed by atoms with Crippen molar-refractivity contribution in [3.63, 3.8) is 0 Å². The molecule has 0 saturated carbocycles. The van der Waals surface area contributed by atoms with E-state index in [-0.39, 0.29) is 30.1 Å². The van der Waals surface area contributed by atoms with Crippen molar-refractivity contribution in [1.29, 1.82) is 0 Å². The summed E-state index contributed by atoms with van der Waals surface area (Å²) in [5, 5.41) is 7.86. The molecule has 0 saturated heterocycles. The van der Waals surface area contributed by atoms with Gasteiger partial charge in [-0.25, -0.2) is 4.39 Å². The summed E-state index contributed by atoms with van der Waals surface area (Å²) >= 11 is 0. The van der Waals surface area contributed by atoms with Crippen molar-refractivity contribution < 1.29 is 18.8 Å². The van der Waals surface area contributed by atoms with E-state index in [1.165, 1.54) is 19.1 Å². The molecule has 0 bridgehead atoms. The Balaban J connectivity index is 1.94. The summed E-state index contributed by atoms with van der Waals surface area (Å²) in [4.78, 5) is 35.0. The molecule has 2 aromatic carbocycles. The molecule has 27 heavy (non-hydrogen) atoms. The summed E-state index contributed by atoms with van der Waals surface area (Å²) in [5.74, 6) is -1.27. The fourth-order valence-electron chi connectivity index (χ4n) is 2.41. The third-order valence-electron chi connectivity index (χ3n) is 3.86. The molecule has 2 rings (SSSR count). The third kappa shape index (κ3) is 6.54. The van der Waals surface area contributed by atoms with E-state index in [0.717, 1.165) is 11.1 Å². The first-order valence-electron chi connectivity index (χ1n) is 8.52. The summed E-state index contributed by atoms with van der Waals surface area (Å²) in [5.41, 5.74) is 2.49. The van der Waals surface area contributed by atoms with Gasteiger partial charge in [-0.05, 0) is 48.7 Å². The number of aryl methyl sites for hydroxylation is 1. The number of halogens is 1. The zero-order valence-corrected chi connectivity index (χ0v) is 15.3. The van der Waals surface area contributed by atoms with Crippen molar-refractivity contribution in [1.82, 2.24) is 10.6 Å². The zero-order chi connectivity index (χ0) is 19.8. The molecule has 0 aliphatic rings. The molecule has 0 radical (unpaired) electrons. The SMILES string of the molecule is CC(=O)NCC(=O)Nc1cc(C(=O)NCCc2cccc(F)c2)ccc1C. The minimum absolute atomic E-state index is 0.140.